The van der Waals surface area contributed by atoms with E-state index in [0.29, 0.717) is 0 Å². The maximum atomic E-state index is 5.44. The molecule has 0 aliphatic heterocycles. The van der Waals surface area contributed by atoms with Crippen molar-refractivity contribution in [2.24, 2.45) is 0 Å². The Labute approximate surface area is 570 Å². The van der Waals surface area contributed by atoms with E-state index in [1.165, 1.54) is 21.5 Å². The third kappa shape index (κ3) is 9.80. The minimum Gasteiger partial charge on any atom is -0.292 e. The van der Waals surface area contributed by atoms with E-state index in [4.69, 9.17) is 19.9 Å². The highest BCUT2D eigenvalue weighted by atomic mass is 15.1. The number of pyridine rings is 4. The van der Waals surface area contributed by atoms with Crippen molar-refractivity contribution in [3.8, 4) is 95.6 Å². The average Bonchev–Trinajstić information content (AvgIpc) is 1.59. The van der Waals surface area contributed by atoms with Crippen LogP contribution in [0.5, 0.6) is 0 Å². The molecular weight excluding hydrogens is 1210 g/mol. The van der Waals surface area contributed by atoms with Crippen LogP contribution in [0.3, 0.4) is 0 Å². The number of rotatable bonds is 9. The Bertz CT molecular complexity index is 6500. The fraction of sp³-hybridized carbons (Fsp3) is 0. The van der Waals surface area contributed by atoms with Crippen LogP contribution in [-0.2, 0) is 0 Å². The fourth-order valence-corrected chi connectivity index (χ4v) is 14.7. The Kier molecular flexibility index (Phi) is 13.7. The van der Waals surface area contributed by atoms with Crippen molar-refractivity contribution in [2.45, 2.75) is 0 Å². The summed E-state index contributed by atoms with van der Waals surface area (Å²) in [5, 5.41) is 9.18. The molecule has 0 unspecified atom stereocenters. The topological polar surface area (TPSA) is 78.2 Å². The Morgan fingerprint density at radius 2 is 0.687 bits per heavy atom. The molecule has 462 valence electrons. The second-order valence-corrected chi connectivity index (χ2v) is 25.1. The summed E-state index contributed by atoms with van der Waals surface area (Å²) in [6.07, 6.45) is 1.84. The van der Waals surface area contributed by atoms with Crippen LogP contribution in [0.4, 0.5) is 0 Å². The highest BCUT2D eigenvalue weighted by Crippen LogP contribution is 2.43. The molecule has 0 N–H and O–H groups in total. The summed E-state index contributed by atoms with van der Waals surface area (Å²) in [4.78, 5) is 25.7. The predicted molar refractivity (Wildman–Crippen MR) is 409 cm³/mol. The van der Waals surface area contributed by atoms with Gasteiger partial charge in [0.1, 0.15) is 17.1 Å². The molecule has 0 atom stereocenters. The lowest BCUT2D eigenvalue weighted by atomic mass is 9.97. The van der Waals surface area contributed by atoms with Gasteiger partial charge in [-0.15, -0.1) is 0 Å². The van der Waals surface area contributed by atoms with Crippen LogP contribution in [0.15, 0.2) is 352 Å². The van der Waals surface area contributed by atoms with Crippen molar-refractivity contribution in [2.75, 3.05) is 0 Å². The molecule has 0 aliphatic carbocycles. The zero-order valence-corrected chi connectivity index (χ0v) is 53.6. The van der Waals surface area contributed by atoms with Crippen molar-refractivity contribution in [3.63, 3.8) is 0 Å². The quantitative estimate of drug-likeness (QED) is 0.135. The minimum atomic E-state index is 0.920. The molecule has 0 aliphatic rings. The second kappa shape index (κ2) is 23.8. The lowest BCUT2D eigenvalue weighted by Crippen LogP contribution is -1.97. The molecule has 20 aromatic rings. The van der Waals surface area contributed by atoms with E-state index in [-0.39, 0.29) is 0 Å². The standard InChI is InChI=1S/C46H30N4.C45H28N4/c1-4-14-32(15-5-1)43-44(33-16-6-2-7-17-33)50-41-22-12-10-20-38(41)37-29-28-35(30-39(37)46(50)48-43)31-24-26-34(27-25-31)45-47-40-21-11-13-23-42(40)49(45)36-18-8-3-9-19-36;1-3-11-29(12-4-1)43-44(32-13-5-2-6-14-32)49-40-19-8-7-18-37(40)36-24-22-34(28-38(36)45(49)48-43)33-15-9-16-35(27-33)39-25-23-31-21-20-30-17-10-26-46-41(30)42(31)47-39/h1-30H;1-28H. The van der Waals surface area contributed by atoms with Gasteiger partial charge in [-0.25, -0.2) is 19.9 Å². The first-order valence-electron chi connectivity index (χ1n) is 33.5. The van der Waals surface area contributed by atoms with Crippen molar-refractivity contribution >= 4 is 87.5 Å². The van der Waals surface area contributed by atoms with Crippen LogP contribution in [0.2, 0.25) is 0 Å². The zero-order valence-electron chi connectivity index (χ0n) is 53.6. The first-order chi connectivity index (χ1) is 49.1. The first kappa shape index (κ1) is 57.1. The summed E-state index contributed by atoms with van der Waals surface area (Å²) in [5.74, 6) is 0.926. The summed E-state index contributed by atoms with van der Waals surface area (Å²) >= 11 is 0. The van der Waals surface area contributed by atoms with E-state index in [0.717, 1.165) is 162 Å². The van der Waals surface area contributed by atoms with Gasteiger partial charge in [0, 0.05) is 77.6 Å². The number of benzene rings is 13. The van der Waals surface area contributed by atoms with Crippen molar-refractivity contribution in [1.29, 1.82) is 0 Å². The molecule has 0 spiro atoms. The van der Waals surface area contributed by atoms with Crippen LogP contribution < -0.4 is 0 Å². The molecular formula is C91H58N8. The summed E-state index contributed by atoms with van der Waals surface area (Å²) in [6.45, 7) is 0. The van der Waals surface area contributed by atoms with E-state index in [1.807, 2.05) is 24.4 Å². The molecule has 0 saturated carbocycles. The van der Waals surface area contributed by atoms with Gasteiger partial charge in [-0.1, -0.05) is 279 Å². The highest BCUT2D eigenvalue weighted by molar-refractivity contribution is 6.16. The Morgan fingerprint density at radius 1 is 0.242 bits per heavy atom. The lowest BCUT2D eigenvalue weighted by molar-refractivity contribution is 1.10. The molecule has 0 radical (unpaired) electrons. The maximum Gasteiger partial charge on any atom is 0.146 e. The Morgan fingerprint density at radius 3 is 1.27 bits per heavy atom. The average molecular weight is 1260 g/mol. The van der Waals surface area contributed by atoms with Gasteiger partial charge < -0.3 is 0 Å². The highest BCUT2D eigenvalue weighted by Gasteiger charge is 2.24. The second-order valence-electron chi connectivity index (χ2n) is 25.1. The van der Waals surface area contributed by atoms with Gasteiger partial charge in [0.05, 0.1) is 61.6 Å². The lowest BCUT2D eigenvalue weighted by Gasteiger charge is -2.13. The molecule has 8 heteroatoms. The van der Waals surface area contributed by atoms with Crippen LogP contribution in [0, 0.1) is 0 Å². The number of nitrogens with zero attached hydrogens (tertiary/aromatic N) is 8. The molecule has 13 aromatic carbocycles. The van der Waals surface area contributed by atoms with Gasteiger partial charge in [-0.05, 0) is 99.8 Å². The van der Waals surface area contributed by atoms with Crippen molar-refractivity contribution < 1.29 is 0 Å². The molecule has 20 rings (SSSR count). The maximum absolute atomic E-state index is 5.44. The van der Waals surface area contributed by atoms with Gasteiger partial charge in [-0.2, -0.15) is 0 Å². The van der Waals surface area contributed by atoms with E-state index in [9.17, 15) is 0 Å². The summed E-state index contributed by atoms with van der Waals surface area (Å²) in [5.41, 5.74) is 25.4. The van der Waals surface area contributed by atoms with Gasteiger partial charge >= 0.3 is 0 Å². The monoisotopic (exact) mass is 1260 g/mol. The SMILES string of the molecule is c1ccc(-c2nc3c4cc(-c5ccc(-c6nc7ccccc7n6-c6ccccc6)cc5)ccc4c4ccccc4n3c2-c2ccccc2)cc1.c1ccc(-c2nc3c4cc(-c5cccc(-c6ccc7ccc8cccnc8c7n6)c5)ccc4c4ccccc4n3c2-c2ccccc2)cc1. The number of hydrogen-bond acceptors (Lipinski definition) is 5. The number of fused-ring (bicyclic) bond motifs is 16. The number of hydrogen-bond donors (Lipinski definition) is 0. The molecule has 99 heavy (non-hydrogen) atoms. The third-order valence-corrected chi connectivity index (χ3v) is 19.3. The van der Waals surface area contributed by atoms with E-state index in [1.54, 1.807) is 0 Å². The predicted octanol–water partition coefficient (Wildman–Crippen LogP) is 23.1. The van der Waals surface area contributed by atoms with Crippen LogP contribution >= 0.6 is 0 Å². The number of para-hydroxylation sites is 5. The third-order valence-electron chi connectivity index (χ3n) is 19.3. The number of imidazole rings is 3. The first-order valence-corrected chi connectivity index (χ1v) is 33.5. The van der Waals surface area contributed by atoms with Gasteiger partial charge in [-0.3, -0.25) is 18.4 Å². The minimum absolute atomic E-state index is 0.920. The summed E-state index contributed by atoms with van der Waals surface area (Å²) in [7, 11) is 0. The van der Waals surface area contributed by atoms with Crippen LogP contribution in [0.25, 0.3) is 183 Å². The van der Waals surface area contributed by atoms with Crippen LogP contribution in [-0.4, -0.2) is 38.3 Å². The Balaban J connectivity index is 0.000000138. The van der Waals surface area contributed by atoms with E-state index in [2.05, 4.69) is 346 Å². The van der Waals surface area contributed by atoms with Gasteiger partial charge in [0.25, 0.3) is 0 Å². The largest absolute Gasteiger partial charge is 0.292 e. The van der Waals surface area contributed by atoms with E-state index >= 15 is 0 Å². The van der Waals surface area contributed by atoms with Crippen LogP contribution in [0.1, 0.15) is 0 Å². The molecule has 8 nitrogen and oxygen atoms in total. The van der Waals surface area contributed by atoms with Gasteiger partial charge in [0.15, 0.2) is 0 Å². The normalized spacial score (nSPS) is 11.6. The van der Waals surface area contributed by atoms with Crippen molar-refractivity contribution in [3.05, 3.63) is 352 Å². The molecule has 7 aromatic heterocycles. The number of aromatic nitrogens is 8. The van der Waals surface area contributed by atoms with Crippen molar-refractivity contribution in [1.82, 2.24) is 38.3 Å². The molecule has 0 fully saturated rings. The molecule has 0 bridgehead atoms. The molecule has 0 amide bonds. The van der Waals surface area contributed by atoms with E-state index < -0.39 is 0 Å². The fourth-order valence-electron chi connectivity index (χ4n) is 14.7. The summed E-state index contributed by atoms with van der Waals surface area (Å²) < 4.78 is 6.96. The Hall–Kier alpha value is -13.4. The molecule has 0 saturated heterocycles. The zero-order chi connectivity index (χ0) is 65.3. The smallest absolute Gasteiger partial charge is 0.146 e. The van der Waals surface area contributed by atoms with Gasteiger partial charge in [0.2, 0.25) is 0 Å². The summed E-state index contributed by atoms with van der Waals surface area (Å²) in [6, 6.07) is 122. The molecule has 7 heterocycles.